The Morgan fingerprint density at radius 1 is 1.06 bits per heavy atom. The molecule has 2 amide bonds. The lowest BCUT2D eigenvalue weighted by molar-refractivity contribution is -0.140. The smallest absolute Gasteiger partial charge is 0.242 e. The van der Waals surface area contributed by atoms with E-state index in [0.29, 0.717) is 5.02 Å². The quantitative estimate of drug-likeness (QED) is 0.391. The van der Waals surface area contributed by atoms with Crippen LogP contribution in [0, 0.1) is 6.92 Å². The van der Waals surface area contributed by atoms with E-state index < -0.39 is 16.1 Å². The van der Waals surface area contributed by atoms with Gasteiger partial charge in [0, 0.05) is 30.6 Å². The van der Waals surface area contributed by atoms with Crippen LogP contribution in [0.3, 0.4) is 0 Å². The number of halogens is 2. The minimum Gasteiger partial charge on any atom is -0.352 e. The van der Waals surface area contributed by atoms with Crippen LogP contribution < -0.4 is 9.62 Å². The van der Waals surface area contributed by atoms with Gasteiger partial charge in [-0.05, 0) is 57.4 Å². The van der Waals surface area contributed by atoms with E-state index in [4.69, 9.17) is 23.2 Å². The molecule has 0 aliphatic carbocycles. The standard InChI is InChI=1S/C26H35Cl2N3O4S/c1-6-19(3)29-26(33)20(4)30(17-21-11-9-18(2)10-12-21)25(32)8-7-15-31(36(5,34)35)24-16-22(27)13-14-23(24)28/h9-14,16,19-20H,6-8,15,17H2,1-5H3,(H,29,33)/t19-,20+/m1/s1. The fourth-order valence-corrected chi connectivity index (χ4v) is 5.00. The van der Waals surface area contributed by atoms with Gasteiger partial charge in [-0.1, -0.05) is 60.0 Å². The molecule has 36 heavy (non-hydrogen) atoms. The number of aryl methyl sites for hydroxylation is 1. The number of carbonyl (C=O) groups excluding carboxylic acids is 2. The van der Waals surface area contributed by atoms with Crippen molar-refractivity contribution in [1.82, 2.24) is 10.2 Å². The number of benzene rings is 2. The second kappa shape index (κ2) is 13.3. The van der Waals surface area contributed by atoms with E-state index in [1.807, 2.05) is 45.0 Å². The van der Waals surface area contributed by atoms with Crippen LogP contribution in [0.1, 0.15) is 51.2 Å². The first-order chi connectivity index (χ1) is 16.8. The van der Waals surface area contributed by atoms with Gasteiger partial charge >= 0.3 is 0 Å². The van der Waals surface area contributed by atoms with Crippen molar-refractivity contribution in [3.8, 4) is 0 Å². The molecule has 2 aromatic carbocycles. The molecule has 7 nitrogen and oxygen atoms in total. The van der Waals surface area contributed by atoms with Crippen molar-refractivity contribution in [2.45, 2.75) is 65.6 Å². The van der Waals surface area contributed by atoms with Crippen molar-refractivity contribution < 1.29 is 18.0 Å². The molecular weight excluding hydrogens is 521 g/mol. The number of carbonyl (C=O) groups is 2. The first-order valence-electron chi connectivity index (χ1n) is 11.9. The van der Waals surface area contributed by atoms with Crippen LogP contribution in [0.5, 0.6) is 0 Å². The van der Waals surface area contributed by atoms with Crippen molar-refractivity contribution in [2.75, 3.05) is 17.1 Å². The minimum absolute atomic E-state index is 0.0120. The molecule has 0 radical (unpaired) electrons. The summed E-state index contributed by atoms with van der Waals surface area (Å²) in [5.41, 5.74) is 2.26. The first-order valence-corrected chi connectivity index (χ1v) is 14.5. The maximum Gasteiger partial charge on any atom is 0.242 e. The highest BCUT2D eigenvalue weighted by Gasteiger charge is 2.27. The van der Waals surface area contributed by atoms with Crippen LogP contribution in [0.15, 0.2) is 42.5 Å². The molecule has 0 aliphatic heterocycles. The Kier molecular flexibility index (Phi) is 11.1. The summed E-state index contributed by atoms with van der Waals surface area (Å²) in [6, 6.07) is 11.7. The number of sulfonamides is 1. The summed E-state index contributed by atoms with van der Waals surface area (Å²) in [4.78, 5) is 27.7. The van der Waals surface area contributed by atoms with Gasteiger partial charge in [-0.25, -0.2) is 8.42 Å². The third-order valence-electron chi connectivity index (χ3n) is 5.97. The third-order valence-corrected chi connectivity index (χ3v) is 7.71. The van der Waals surface area contributed by atoms with Crippen LogP contribution in [0.4, 0.5) is 5.69 Å². The number of hydrogen-bond acceptors (Lipinski definition) is 4. The monoisotopic (exact) mass is 555 g/mol. The number of anilines is 1. The summed E-state index contributed by atoms with van der Waals surface area (Å²) >= 11 is 12.3. The lowest BCUT2D eigenvalue weighted by Crippen LogP contribution is -2.49. The highest BCUT2D eigenvalue weighted by atomic mass is 35.5. The maximum absolute atomic E-state index is 13.3. The number of hydrogen-bond donors (Lipinski definition) is 1. The van der Waals surface area contributed by atoms with Crippen molar-refractivity contribution in [3.63, 3.8) is 0 Å². The Labute approximate surface area is 224 Å². The summed E-state index contributed by atoms with van der Waals surface area (Å²) in [6.45, 7) is 7.88. The van der Waals surface area contributed by atoms with Crippen molar-refractivity contribution in [2.24, 2.45) is 0 Å². The van der Waals surface area contributed by atoms with E-state index in [0.717, 1.165) is 28.1 Å². The number of nitrogens with zero attached hydrogens (tertiary/aromatic N) is 2. The zero-order valence-corrected chi connectivity index (χ0v) is 23.8. The Bertz CT molecular complexity index is 1160. The SMILES string of the molecule is CC[C@@H](C)NC(=O)[C@H](C)N(Cc1ccc(C)cc1)C(=O)CCCN(c1cc(Cl)ccc1Cl)S(C)(=O)=O. The van der Waals surface area contributed by atoms with Gasteiger partial charge in [0.25, 0.3) is 0 Å². The summed E-state index contributed by atoms with van der Waals surface area (Å²) in [7, 11) is -3.67. The molecule has 0 aromatic heterocycles. The fourth-order valence-electron chi connectivity index (χ4n) is 3.60. The predicted molar refractivity (Wildman–Crippen MR) is 147 cm³/mol. The Hall–Kier alpha value is -2.29. The molecule has 0 bridgehead atoms. The molecule has 2 atom stereocenters. The van der Waals surface area contributed by atoms with Crippen LogP contribution in [0.2, 0.25) is 10.0 Å². The maximum atomic E-state index is 13.3. The number of nitrogens with one attached hydrogen (secondary N) is 1. The van der Waals surface area contributed by atoms with Gasteiger partial charge in [-0.2, -0.15) is 0 Å². The van der Waals surface area contributed by atoms with Crippen LogP contribution in [0.25, 0.3) is 0 Å². The van der Waals surface area contributed by atoms with Gasteiger partial charge in [-0.15, -0.1) is 0 Å². The molecule has 0 spiro atoms. The van der Waals surface area contributed by atoms with E-state index in [9.17, 15) is 18.0 Å². The molecule has 0 aliphatic rings. The molecular formula is C26H35Cl2N3O4S. The average molecular weight is 557 g/mol. The largest absolute Gasteiger partial charge is 0.352 e. The van der Waals surface area contributed by atoms with Crippen LogP contribution in [-0.2, 0) is 26.2 Å². The first kappa shape index (κ1) is 29.9. The van der Waals surface area contributed by atoms with E-state index in [1.54, 1.807) is 17.9 Å². The van der Waals surface area contributed by atoms with Gasteiger partial charge in [0.05, 0.1) is 17.0 Å². The third kappa shape index (κ3) is 8.68. The fraction of sp³-hybridized carbons (Fsp3) is 0.462. The molecule has 0 saturated heterocycles. The molecule has 0 unspecified atom stereocenters. The topological polar surface area (TPSA) is 86.8 Å². The Morgan fingerprint density at radius 2 is 1.69 bits per heavy atom. The summed E-state index contributed by atoms with van der Waals surface area (Å²) in [5, 5.41) is 3.53. The van der Waals surface area contributed by atoms with Crippen molar-refractivity contribution in [3.05, 3.63) is 63.6 Å². The highest BCUT2D eigenvalue weighted by Crippen LogP contribution is 2.31. The van der Waals surface area contributed by atoms with Crippen molar-refractivity contribution in [1.29, 1.82) is 0 Å². The average Bonchev–Trinajstić information content (AvgIpc) is 2.81. The van der Waals surface area contributed by atoms with Gasteiger partial charge in [0.15, 0.2) is 0 Å². The van der Waals surface area contributed by atoms with Crippen molar-refractivity contribution >= 4 is 50.7 Å². The zero-order chi connectivity index (χ0) is 27.0. The van der Waals surface area contributed by atoms with Gasteiger partial charge in [0.1, 0.15) is 6.04 Å². The molecule has 0 heterocycles. The van der Waals surface area contributed by atoms with E-state index >= 15 is 0 Å². The molecule has 1 N–H and O–H groups in total. The van der Waals surface area contributed by atoms with Gasteiger partial charge in [0.2, 0.25) is 21.8 Å². The number of rotatable bonds is 12. The molecule has 0 fully saturated rings. The zero-order valence-electron chi connectivity index (χ0n) is 21.4. The number of amides is 2. The summed E-state index contributed by atoms with van der Waals surface area (Å²) < 4.78 is 26.1. The summed E-state index contributed by atoms with van der Waals surface area (Å²) in [5.74, 6) is -0.471. The molecule has 10 heteroatoms. The summed E-state index contributed by atoms with van der Waals surface area (Å²) in [6.07, 6.45) is 2.14. The normalized spacial score (nSPS) is 13.1. The lowest BCUT2D eigenvalue weighted by atomic mass is 10.1. The second-order valence-electron chi connectivity index (χ2n) is 9.04. The van der Waals surface area contributed by atoms with Crippen LogP contribution >= 0.6 is 23.2 Å². The predicted octanol–water partition coefficient (Wildman–Crippen LogP) is 5.18. The van der Waals surface area contributed by atoms with E-state index in [2.05, 4.69) is 5.32 Å². The van der Waals surface area contributed by atoms with Crippen LogP contribution in [-0.4, -0.2) is 50.0 Å². The molecule has 198 valence electrons. The van der Waals surface area contributed by atoms with Gasteiger partial charge < -0.3 is 10.2 Å². The molecule has 2 aromatic rings. The lowest BCUT2D eigenvalue weighted by Gasteiger charge is -2.30. The Balaban J connectivity index is 2.20. The molecule has 2 rings (SSSR count). The molecule has 0 saturated carbocycles. The highest BCUT2D eigenvalue weighted by molar-refractivity contribution is 7.92. The minimum atomic E-state index is -3.67. The van der Waals surface area contributed by atoms with E-state index in [-0.39, 0.29) is 54.5 Å². The second-order valence-corrected chi connectivity index (χ2v) is 11.8. The van der Waals surface area contributed by atoms with E-state index in [1.165, 1.54) is 12.1 Å². The van der Waals surface area contributed by atoms with Gasteiger partial charge in [-0.3, -0.25) is 13.9 Å². The Morgan fingerprint density at radius 3 is 2.28 bits per heavy atom.